The van der Waals surface area contributed by atoms with Crippen molar-refractivity contribution in [1.82, 2.24) is 4.98 Å². The molecule has 0 bridgehead atoms. The van der Waals surface area contributed by atoms with Crippen LogP contribution in [0.5, 0.6) is 0 Å². The minimum absolute atomic E-state index is 0.726. The molecule has 0 amide bonds. The number of anilines is 3. The van der Waals surface area contributed by atoms with Gasteiger partial charge in [0.05, 0.1) is 5.69 Å². The molecule has 0 unspecified atom stereocenters. The van der Waals surface area contributed by atoms with Crippen LogP contribution < -0.4 is 11.1 Å². The third kappa shape index (κ3) is 2.53. The lowest BCUT2D eigenvalue weighted by Crippen LogP contribution is -1.96. The van der Waals surface area contributed by atoms with Crippen molar-refractivity contribution in [3.8, 4) is 0 Å². The summed E-state index contributed by atoms with van der Waals surface area (Å²) < 4.78 is 1.06. The summed E-state index contributed by atoms with van der Waals surface area (Å²) in [5, 5.41) is 6.14. The van der Waals surface area contributed by atoms with E-state index in [9.17, 15) is 0 Å². The molecule has 3 aromatic rings. The van der Waals surface area contributed by atoms with Crippen molar-refractivity contribution < 1.29 is 0 Å². The zero-order valence-corrected chi connectivity index (χ0v) is 13.3. The maximum absolute atomic E-state index is 5.98. The monoisotopic (exact) mass is 395 g/mol. The van der Waals surface area contributed by atoms with Gasteiger partial charge in [-0.25, -0.2) is 0 Å². The van der Waals surface area contributed by atoms with E-state index in [1.807, 2.05) is 36.4 Å². The Labute approximate surface area is 135 Å². The standard InChI is InChI=1S/C15H11ClIN3/c16-9-1-3-15(12(17)7-9)20-14-4-2-13(18)11-8-19-6-5-10(11)14/h1-8,20H,18H2. The first-order valence-corrected chi connectivity index (χ1v) is 7.45. The molecule has 0 saturated heterocycles. The molecule has 20 heavy (non-hydrogen) atoms. The molecule has 0 aliphatic carbocycles. The van der Waals surface area contributed by atoms with Crippen molar-refractivity contribution in [3.05, 3.63) is 57.4 Å². The molecular formula is C15H11ClIN3. The topological polar surface area (TPSA) is 50.9 Å². The van der Waals surface area contributed by atoms with Crippen molar-refractivity contribution in [3.63, 3.8) is 0 Å². The van der Waals surface area contributed by atoms with Crippen LogP contribution in [0.25, 0.3) is 10.8 Å². The second-order valence-corrected chi connectivity index (χ2v) is 5.97. The number of halogens is 2. The Balaban J connectivity index is 2.09. The average molecular weight is 396 g/mol. The Kier molecular flexibility index (Phi) is 3.67. The maximum atomic E-state index is 5.98. The number of hydrogen-bond donors (Lipinski definition) is 2. The lowest BCUT2D eigenvalue weighted by Gasteiger charge is -2.12. The van der Waals surface area contributed by atoms with Gasteiger partial charge in [-0.3, -0.25) is 4.98 Å². The van der Waals surface area contributed by atoms with Crippen LogP contribution in [0.2, 0.25) is 5.02 Å². The fourth-order valence-corrected chi connectivity index (χ4v) is 3.06. The van der Waals surface area contributed by atoms with Crippen molar-refractivity contribution >= 4 is 62.0 Å². The molecule has 5 heteroatoms. The quantitative estimate of drug-likeness (QED) is 0.483. The summed E-state index contributed by atoms with van der Waals surface area (Å²) >= 11 is 8.24. The van der Waals surface area contributed by atoms with Gasteiger partial charge in [0.1, 0.15) is 0 Å². The molecule has 3 N–H and O–H groups in total. The zero-order valence-electron chi connectivity index (χ0n) is 10.4. The predicted molar refractivity (Wildman–Crippen MR) is 93.6 cm³/mol. The van der Waals surface area contributed by atoms with E-state index in [1.165, 1.54) is 0 Å². The maximum Gasteiger partial charge on any atom is 0.0521 e. The van der Waals surface area contributed by atoms with Crippen LogP contribution in [0, 0.1) is 3.57 Å². The number of hydrogen-bond acceptors (Lipinski definition) is 3. The number of nitrogens with one attached hydrogen (secondary N) is 1. The number of fused-ring (bicyclic) bond motifs is 1. The fraction of sp³-hybridized carbons (Fsp3) is 0. The highest BCUT2D eigenvalue weighted by Gasteiger charge is 2.06. The highest BCUT2D eigenvalue weighted by Crippen LogP contribution is 2.32. The van der Waals surface area contributed by atoms with Gasteiger partial charge >= 0.3 is 0 Å². The van der Waals surface area contributed by atoms with E-state index in [2.05, 4.69) is 32.9 Å². The van der Waals surface area contributed by atoms with Gasteiger partial charge in [0.25, 0.3) is 0 Å². The molecule has 1 aromatic heterocycles. The lowest BCUT2D eigenvalue weighted by atomic mass is 10.1. The van der Waals surface area contributed by atoms with E-state index < -0.39 is 0 Å². The third-order valence-corrected chi connectivity index (χ3v) is 4.18. The van der Waals surface area contributed by atoms with Gasteiger partial charge in [0, 0.05) is 43.1 Å². The Morgan fingerprint density at radius 2 is 1.85 bits per heavy atom. The number of nitrogens with two attached hydrogens (primary N) is 1. The Morgan fingerprint density at radius 1 is 1.05 bits per heavy atom. The predicted octanol–water partition coefficient (Wildman–Crippen LogP) is 4.82. The smallest absolute Gasteiger partial charge is 0.0521 e. The minimum atomic E-state index is 0.726. The lowest BCUT2D eigenvalue weighted by molar-refractivity contribution is 1.36. The van der Waals surface area contributed by atoms with Crippen LogP contribution in [-0.4, -0.2) is 4.98 Å². The van der Waals surface area contributed by atoms with Gasteiger partial charge in [-0.15, -0.1) is 0 Å². The summed E-state index contributed by atoms with van der Waals surface area (Å²) in [6, 6.07) is 11.6. The number of aromatic nitrogens is 1. The molecule has 0 radical (unpaired) electrons. The van der Waals surface area contributed by atoms with Crippen LogP contribution in [0.15, 0.2) is 48.8 Å². The Morgan fingerprint density at radius 3 is 2.65 bits per heavy atom. The van der Waals surface area contributed by atoms with Crippen LogP contribution in [-0.2, 0) is 0 Å². The van der Waals surface area contributed by atoms with E-state index in [1.54, 1.807) is 12.4 Å². The summed E-state index contributed by atoms with van der Waals surface area (Å²) in [4.78, 5) is 4.12. The number of pyridine rings is 1. The van der Waals surface area contributed by atoms with Crippen molar-refractivity contribution in [2.45, 2.75) is 0 Å². The van der Waals surface area contributed by atoms with E-state index in [0.29, 0.717) is 0 Å². The van der Waals surface area contributed by atoms with Crippen molar-refractivity contribution in [1.29, 1.82) is 0 Å². The van der Waals surface area contributed by atoms with Gasteiger partial charge in [-0.05, 0) is 59.0 Å². The molecule has 3 nitrogen and oxygen atoms in total. The molecule has 0 saturated carbocycles. The average Bonchev–Trinajstić information content (AvgIpc) is 2.45. The van der Waals surface area contributed by atoms with Gasteiger partial charge in [0.15, 0.2) is 0 Å². The second-order valence-electron chi connectivity index (χ2n) is 4.37. The minimum Gasteiger partial charge on any atom is -0.398 e. The first-order valence-electron chi connectivity index (χ1n) is 5.99. The third-order valence-electron chi connectivity index (χ3n) is 3.05. The van der Waals surface area contributed by atoms with Crippen LogP contribution in [0.3, 0.4) is 0 Å². The molecule has 100 valence electrons. The summed E-state index contributed by atoms with van der Waals surface area (Å²) in [5.41, 5.74) is 8.72. The first kappa shape index (κ1) is 13.5. The molecule has 3 rings (SSSR count). The Hall–Kier alpha value is -1.53. The molecular weight excluding hydrogens is 385 g/mol. The summed E-state index contributed by atoms with van der Waals surface area (Å²) in [7, 11) is 0. The highest BCUT2D eigenvalue weighted by atomic mass is 127. The SMILES string of the molecule is Nc1ccc(Nc2ccc(Cl)cc2I)c2ccncc12. The highest BCUT2D eigenvalue weighted by molar-refractivity contribution is 14.1. The largest absolute Gasteiger partial charge is 0.398 e. The normalized spacial score (nSPS) is 10.7. The van der Waals surface area contributed by atoms with Crippen molar-refractivity contribution in [2.75, 3.05) is 11.1 Å². The Bertz CT molecular complexity index is 789. The van der Waals surface area contributed by atoms with E-state index in [0.717, 1.165) is 36.4 Å². The van der Waals surface area contributed by atoms with Crippen molar-refractivity contribution in [2.24, 2.45) is 0 Å². The zero-order chi connectivity index (χ0) is 14.1. The molecule has 2 aromatic carbocycles. The molecule has 1 heterocycles. The fourth-order valence-electron chi connectivity index (χ4n) is 2.06. The second kappa shape index (κ2) is 5.46. The van der Waals surface area contributed by atoms with E-state index in [4.69, 9.17) is 17.3 Å². The van der Waals surface area contributed by atoms with Gasteiger partial charge < -0.3 is 11.1 Å². The van der Waals surface area contributed by atoms with E-state index in [-0.39, 0.29) is 0 Å². The van der Waals surface area contributed by atoms with Crippen LogP contribution in [0.4, 0.5) is 17.1 Å². The van der Waals surface area contributed by atoms with E-state index >= 15 is 0 Å². The summed E-state index contributed by atoms with van der Waals surface area (Å²) in [5.74, 6) is 0. The number of benzene rings is 2. The molecule has 0 spiro atoms. The van der Waals surface area contributed by atoms with Gasteiger partial charge in [-0.1, -0.05) is 11.6 Å². The molecule has 0 aliphatic heterocycles. The number of rotatable bonds is 2. The molecule has 0 fully saturated rings. The summed E-state index contributed by atoms with van der Waals surface area (Å²) in [6.07, 6.45) is 3.54. The number of nitrogens with zero attached hydrogens (tertiary/aromatic N) is 1. The molecule has 0 aliphatic rings. The number of nitrogen functional groups attached to an aromatic ring is 1. The van der Waals surface area contributed by atoms with Gasteiger partial charge in [0.2, 0.25) is 0 Å². The first-order chi connectivity index (χ1) is 9.65. The van der Waals surface area contributed by atoms with Crippen LogP contribution in [0.1, 0.15) is 0 Å². The summed E-state index contributed by atoms with van der Waals surface area (Å²) in [6.45, 7) is 0. The van der Waals surface area contributed by atoms with Crippen LogP contribution >= 0.6 is 34.2 Å². The van der Waals surface area contributed by atoms with Gasteiger partial charge in [-0.2, -0.15) is 0 Å². The molecule has 0 atom stereocenters.